The molecular formula is C21H29N3O2. The first-order chi connectivity index (χ1) is 12.7. The molecule has 1 aliphatic heterocycles. The van der Waals surface area contributed by atoms with Gasteiger partial charge in [-0.2, -0.15) is 0 Å². The summed E-state index contributed by atoms with van der Waals surface area (Å²) in [5, 5.41) is 4.31. The van der Waals surface area contributed by atoms with Crippen molar-refractivity contribution in [1.29, 1.82) is 0 Å². The maximum absolute atomic E-state index is 12.7. The van der Waals surface area contributed by atoms with Crippen LogP contribution in [-0.2, 0) is 16.0 Å². The van der Waals surface area contributed by atoms with E-state index in [1.807, 2.05) is 0 Å². The van der Waals surface area contributed by atoms with E-state index in [9.17, 15) is 4.79 Å². The van der Waals surface area contributed by atoms with E-state index in [0.29, 0.717) is 12.0 Å². The SMILES string of the molecule is CCCCN1CC(C(=O)NCOC)C[C@@H]2c3cccc4[nH]cc(c34)C[C@H]21. The Balaban J connectivity index is 1.66. The van der Waals surface area contributed by atoms with Gasteiger partial charge in [0, 0.05) is 42.7 Å². The number of aromatic nitrogens is 1. The van der Waals surface area contributed by atoms with Crippen molar-refractivity contribution in [2.75, 3.05) is 26.9 Å². The van der Waals surface area contributed by atoms with Crippen LogP contribution in [0.25, 0.3) is 10.9 Å². The van der Waals surface area contributed by atoms with Crippen LogP contribution in [-0.4, -0.2) is 48.8 Å². The van der Waals surface area contributed by atoms with Gasteiger partial charge in [-0.3, -0.25) is 9.69 Å². The van der Waals surface area contributed by atoms with Crippen molar-refractivity contribution in [2.45, 2.75) is 44.6 Å². The minimum absolute atomic E-state index is 0.0269. The molecule has 1 aromatic carbocycles. The van der Waals surface area contributed by atoms with Crippen LogP contribution in [0.5, 0.6) is 0 Å². The largest absolute Gasteiger partial charge is 0.364 e. The molecule has 2 aromatic rings. The highest BCUT2D eigenvalue weighted by molar-refractivity contribution is 5.88. The van der Waals surface area contributed by atoms with Gasteiger partial charge < -0.3 is 15.0 Å². The first-order valence-corrected chi connectivity index (χ1v) is 9.82. The first kappa shape index (κ1) is 17.6. The lowest BCUT2D eigenvalue weighted by atomic mass is 9.72. The van der Waals surface area contributed by atoms with Crippen molar-refractivity contribution in [2.24, 2.45) is 5.92 Å². The van der Waals surface area contributed by atoms with Crippen molar-refractivity contribution < 1.29 is 9.53 Å². The maximum Gasteiger partial charge on any atom is 0.226 e. The van der Waals surface area contributed by atoms with E-state index >= 15 is 0 Å². The Hall–Kier alpha value is -1.85. The van der Waals surface area contributed by atoms with E-state index < -0.39 is 0 Å². The summed E-state index contributed by atoms with van der Waals surface area (Å²) in [6.07, 6.45) is 6.55. The summed E-state index contributed by atoms with van der Waals surface area (Å²) < 4.78 is 5.03. The summed E-state index contributed by atoms with van der Waals surface area (Å²) >= 11 is 0. The minimum Gasteiger partial charge on any atom is -0.364 e. The molecule has 1 fully saturated rings. The highest BCUT2D eigenvalue weighted by Gasteiger charge is 2.42. The Kier molecular flexibility index (Phi) is 5.00. The van der Waals surface area contributed by atoms with E-state index in [4.69, 9.17) is 4.74 Å². The van der Waals surface area contributed by atoms with Crippen LogP contribution in [0, 0.1) is 5.92 Å². The number of fused-ring (bicyclic) bond motifs is 2. The molecule has 5 nitrogen and oxygen atoms in total. The van der Waals surface area contributed by atoms with Gasteiger partial charge in [0.1, 0.15) is 6.73 Å². The number of carbonyl (C=O) groups is 1. The second kappa shape index (κ2) is 7.41. The predicted molar refractivity (Wildman–Crippen MR) is 103 cm³/mol. The Labute approximate surface area is 155 Å². The summed E-state index contributed by atoms with van der Waals surface area (Å²) in [5.74, 6) is 0.573. The number of amides is 1. The molecule has 5 heteroatoms. The van der Waals surface area contributed by atoms with Crippen LogP contribution < -0.4 is 5.32 Å². The molecule has 0 saturated carbocycles. The zero-order valence-corrected chi connectivity index (χ0v) is 15.8. The Bertz CT molecular complexity index is 785. The molecule has 1 amide bonds. The molecule has 4 rings (SSSR count). The molecule has 140 valence electrons. The Morgan fingerprint density at radius 3 is 3.12 bits per heavy atom. The quantitative estimate of drug-likeness (QED) is 0.783. The van der Waals surface area contributed by atoms with E-state index in [0.717, 1.165) is 25.9 Å². The zero-order valence-electron chi connectivity index (χ0n) is 15.8. The van der Waals surface area contributed by atoms with Gasteiger partial charge in [0.2, 0.25) is 5.91 Å². The minimum atomic E-state index is 0.0269. The van der Waals surface area contributed by atoms with Crippen molar-refractivity contribution in [1.82, 2.24) is 15.2 Å². The van der Waals surface area contributed by atoms with E-state index in [1.165, 1.54) is 34.9 Å². The Morgan fingerprint density at radius 1 is 1.42 bits per heavy atom. The zero-order chi connectivity index (χ0) is 18.1. The molecule has 0 radical (unpaired) electrons. The highest BCUT2D eigenvalue weighted by atomic mass is 16.5. The van der Waals surface area contributed by atoms with Gasteiger partial charge in [-0.25, -0.2) is 0 Å². The number of unbranched alkanes of at least 4 members (excludes halogenated alkanes) is 1. The van der Waals surface area contributed by atoms with Gasteiger partial charge in [0.15, 0.2) is 0 Å². The number of H-pyrrole nitrogens is 1. The van der Waals surface area contributed by atoms with Gasteiger partial charge in [0.25, 0.3) is 0 Å². The third-order valence-corrected chi connectivity index (χ3v) is 6.14. The number of likely N-dealkylation sites (tertiary alicyclic amines) is 1. The predicted octanol–water partition coefficient (Wildman–Crippen LogP) is 3.02. The van der Waals surface area contributed by atoms with E-state index in [2.05, 4.69) is 46.5 Å². The molecule has 3 atom stereocenters. The molecule has 1 aromatic heterocycles. The average Bonchev–Trinajstić information content (AvgIpc) is 3.08. The van der Waals surface area contributed by atoms with Crippen LogP contribution in [0.15, 0.2) is 24.4 Å². The van der Waals surface area contributed by atoms with Crippen LogP contribution >= 0.6 is 0 Å². The molecule has 1 unspecified atom stereocenters. The molecule has 0 spiro atoms. The van der Waals surface area contributed by atoms with Crippen molar-refractivity contribution in [3.05, 3.63) is 35.5 Å². The molecule has 1 aliphatic carbocycles. The van der Waals surface area contributed by atoms with Crippen LogP contribution in [0.2, 0.25) is 0 Å². The average molecular weight is 355 g/mol. The Morgan fingerprint density at radius 2 is 2.31 bits per heavy atom. The highest BCUT2D eigenvalue weighted by Crippen LogP contribution is 2.44. The smallest absolute Gasteiger partial charge is 0.226 e. The van der Waals surface area contributed by atoms with Crippen molar-refractivity contribution in [3.8, 4) is 0 Å². The van der Waals surface area contributed by atoms with Crippen LogP contribution in [0.4, 0.5) is 0 Å². The lowest BCUT2D eigenvalue weighted by molar-refractivity contribution is -0.129. The fourth-order valence-electron chi connectivity index (χ4n) is 4.89. The molecule has 2 aliphatic rings. The van der Waals surface area contributed by atoms with Gasteiger partial charge in [-0.1, -0.05) is 25.5 Å². The van der Waals surface area contributed by atoms with Gasteiger partial charge >= 0.3 is 0 Å². The fourth-order valence-corrected chi connectivity index (χ4v) is 4.89. The first-order valence-electron chi connectivity index (χ1n) is 9.82. The third kappa shape index (κ3) is 3.03. The van der Waals surface area contributed by atoms with Crippen LogP contribution in [0.1, 0.15) is 43.2 Å². The number of rotatable bonds is 6. The normalized spacial score (nSPS) is 25.2. The standard InChI is InChI=1S/C21H29N3O2/c1-3-4-8-24-12-15(21(25)23-13-26-2)9-17-16-6-5-7-18-20(16)14(11-22-18)10-19(17)24/h5-7,11,15,17,19,22H,3-4,8-10,12-13H2,1-2H3,(H,23,25)/t15?,17-,19-/m1/s1. The summed E-state index contributed by atoms with van der Waals surface area (Å²) in [6.45, 7) is 4.44. The molecule has 26 heavy (non-hydrogen) atoms. The fraction of sp³-hybridized carbons (Fsp3) is 0.571. The van der Waals surface area contributed by atoms with E-state index in [-0.39, 0.29) is 18.6 Å². The third-order valence-electron chi connectivity index (χ3n) is 6.14. The number of benzene rings is 1. The number of nitrogens with one attached hydrogen (secondary N) is 2. The van der Waals surface area contributed by atoms with Gasteiger partial charge in [-0.05, 0) is 43.0 Å². The maximum atomic E-state index is 12.7. The number of aromatic amines is 1. The lowest BCUT2D eigenvalue weighted by Gasteiger charge is -2.46. The number of ether oxygens (including phenoxy) is 1. The number of nitrogens with zero attached hydrogens (tertiary/aromatic N) is 1. The van der Waals surface area contributed by atoms with Crippen molar-refractivity contribution >= 4 is 16.8 Å². The summed E-state index contributed by atoms with van der Waals surface area (Å²) in [5.41, 5.74) is 4.07. The lowest BCUT2D eigenvalue weighted by Crippen LogP contribution is -2.53. The molecular weight excluding hydrogens is 326 g/mol. The van der Waals surface area contributed by atoms with Gasteiger partial charge in [0.05, 0.1) is 5.92 Å². The van der Waals surface area contributed by atoms with Crippen LogP contribution in [0.3, 0.4) is 0 Å². The number of methoxy groups -OCH3 is 1. The molecule has 2 N–H and O–H groups in total. The molecule has 1 saturated heterocycles. The van der Waals surface area contributed by atoms with E-state index in [1.54, 1.807) is 7.11 Å². The van der Waals surface area contributed by atoms with Gasteiger partial charge in [-0.15, -0.1) is 0 Å². The molecule has 0 bridgehead atoms. The number of hydrogen-bond acceptors (Lipinski definition) is 3. The second-order valence-electron chi connectivity index (χ2n) is 7.72. The second-order valence-corrected chi connectivity index (χ2v) is 7.72. The monoisotopic (exact) mass is 355 g/mol. The number of hydrogen-bond donors (Lipinski definition) is 2. The topological polar surface area (TPSA) is 57.4 Å². The van der Waals surface area contributed by atoms with Crippen molar-refractivity contribution in [3.63, 3.8) is 0 Å². The number of carbonyl (C=O) groups excluding carboxylic acids is 1. The summed E-state index contributed by atoms with van der Waals surface area (Å²) in [4.78, 5) is 18.7. The summed E-state index contributed by atoms with van der Waals surface area (Å²) in [7, 11) is 1.61. The molecule has 2 heterocycles. The number of piperidine rings is 1. The summed E-state index contributed by atoms with van der Waals surface area (Å²) in [6, 6.07) is 7.07.